The van der Waals surface area contributed by atoms with Gasteiger partial charge in [0.1, 0.15) is 11.6 Å². The minimum Gasteiger partial charge on any atom is -0.490 e. The molecule has 1 amide bonds. The van der Waals surface area contributed by atoms with E-state index in [1.54, 1.807) is 12.1 Å². The second-order valence-corrected chi connectivity index (χ2v) is 8.04. The van der Waals surface area contributed by atoms with Crippen LogP contribution in [0.1, 0.15) is 38.3 Å². The molecule has 7 heteroatoms. The van der Waals surface area contributed by atoms with Gasteiger partial charge >= 0.3 is 0 Å². The van der Waals surface area contributed by atoms with Crippen molar-refractivity contribution in [1.29, 1.82) is 5.26 Å². The molecule has 33 heavy (non-hydrogen) atoms. The Morgan fingerprint density at radius 1 is 1.30 bits per heavy atom. The maximum absolute atomic E-state index is 12.6. The van der Waals surface area contributed by atoms with Crippen LogP contribution in [-0.2, 0) is 11.2 Å². The number of nitriles is 1. The van der Waals surface area contributed by atoms with Gasteiger partial charge in [-0.05, 0) is 62.1 Å². The average Bonchev–Trinajstić information content (AvgIpc) is 3.22. The van der Waals surface area contributed by atoms with Crippen LogP contribution in [0.25, 0.3) is 17.0 Å². The molecule has 2 N–H and O–H groups in total. The molecular weight excluding hydrogens is 438 g/mol. The Kier molecular flexibility index (Phi) is 8.39. The first kappa shape index (κ1) is 24.2. The summed E-state index contributed by atoms with van der Waals surface area (Å²) in [5, 5.41) is 13.9. The maximum atomic E-state index is 12.6. The van der Waals surface area contributed by atoms with E-state index in [0.717, 1.165) is 22.9 Å². The van der Waals surface area contributed by atoms with E-state index in [-0.39, 0.29) is 11.7 Å². The number of benzene rings is 2. The number of aromatic nitrogens is 1. The fourth-order valence-corrected chi connectivity index (χ4v) is 3.66. The molecule has 0 radical (unpaired) electrons. The fourth-order valence-electron chi connectivity index (χ4n) is 3.39. The number of H-pyrrole nitrogens is 1. The lowest BCUT2D eigenvalue weighted by Gasteiger charge is -2.18. The molecule has 0 saturated carbocycles. The number of carbonyl (C=O) groups is 1. The van der Waals surface area contributed by atoms with Gasteiger partial charge in [-0.3, -0.25) is 4.79 Å². The maximum Gasteiger partial charge on any atom is 0.261 e. The van der Waals surface area contributed by atoms with Gasteiger partial charge in [-0.25, -0.2) is 0 Å². The van der Waals surface area contributed by atoms with Crippen molar-refractivity contribution >= 4 is 34.5 Å². The van der Waals surface area contributed by atoms with Crippen LogP contribution in [0.2, 0.25) is 5.02 Å². The summed E-state index contributed by atoms with van der Waals surface area (Å²) in [6, 6.07) is 13.4. The highest BCUT2D eigenvalue weighted by Gasteiger charge is 2.16. The Balaban J connectivity index is 1.73. The zero-order valence-corrected chi connectivity index (χ0v) is 19.8. The molecule has 0 aliphatic rings. The van der Waals surface area contributed by atoms with Gasteiger partial charge in [0.05, 0.1) is 17.7 Å². The third-order valence-corrected chi connectivity index (χ3v) is 5.54. The molecule has 3 rings (SSSR count). The van der Waals surface area contributed by atoms with E-state index < -0.39 is 5.91 Å². The number of ether oxygens (including phenoxy) is 2. The highest BCUT2D eigenvalue weighted by atomic mass is 35.5. The van der Waals surface area contributed by atoms with Crippen LogP contribution in [-0.4, -0.2) is 30.1 Å². The molecule has 0 bridgehead atoms. The summed E-state index contributed by atoms with van der Waals surface area (Å²) in [7, 11) is 0. The number of fused-ring (bicyclic) bond motifs is 1. The summed E-state index contributed by atoms with van der Waals surface area (Å²) in [4.78, 5) is 15.8. The van der Waals surface area contributed by atoms with Crippen molar-refractivity contribution in [2.75, 3.05) is 13.2 Å². The predicted octanol–water partition coefficient (Wildman–Crippen LogP) is 5.66. The number of rotatable bonds is 10. The van der Waals surface area contributed by atoms with E-state index >= 15 is 0 Å². The first-order chi connectivity index (χ1) is 16.0. The molecule has 0 saturated heterocycles. The van der Waals surface area contributed by atoms with Gasteiger partial charge in [-0.15, -0.1) is 0 Å². The molecule has 1 unspecified atom stereocenters. The lowest BCUT2D eigenvalue weighted by atomic mass is 10.1. The van der Waals surface area contributed by atoms with Crippen molar-refractivity contribution in [2.24, 2.45) is 0 Å². The number of aromatic amines is 1. The first-order valence-electron chi connectivity index (χ1n) is 11.0. The minimum absolute atomic E-state index is 0.0111. The standard InChI is InChI=1S/C26H28ClN3O3/c1-4-17(3)33-25-22(27)13-18(14-24(25)32-5-2)12-20(15-28)26(31)29-11-10-19-16-30-23-9-7-6-8-21(19)23/h6-9,12-14,16-17,30H,4-5,10-11H2,1-3H3,(H,29,31)/b20-12+. The van der Waals surface area contributed by atoms with Crippen molar-refractivity contribution in [2.45, 2.75) is 39.7 Å². The number of halogens is 1. The van der Waals surface area contributed by atoms with Gasteiger partial charge in [0.15, 0.2) is 11.5 Å². The second kappa shape index (κ2) is 11.4. The van der Waals surface area contributed by atoms with Crippen LogP contribution in [0.4, 0.5) is 0 Å². The Labute approximate surface area is 199 Å². The molecule has 2 aromatic carbocycles. The Morgan fingerprint density at radius 3 is 2.82 bits per heavy atom. The molecule has 3 aromatic rings. The zero-order chi connectivity index (χ0) is 23.8. The lowest BCUT2D eigenvalue weighted by molar-refractivity contribution is -0.117. The van der Waals surface area contributed by atoms with Crippen LogP contribution in [0, 0.1) is 11.3 Å². The van der Waals surface area contributed by atoms with Crippen molar-refractivity contribution in [1.82, 2.24) is 10.3 Å². The molecule has 1 heterocycles. The Hall–Kier alpha value is -3.43. The van der Waals surface area contributed by atoms with Gasteiger partial charge in [-0.1, -0.05) is 36.7 Å². The van der Waals surface area contributed by atoms with Gasteiger partial charge in [0, 0.05) is 23.6 Å². The molecule has 1 aromatic heterocycles. The number of para-hydroxylation sites is 1. The summed E-state index contributed by atoms with van der Waals surface area (Å²) in [6.07, 6.45) is 4.89. The van der Waals surface area contributed by atoms with Crippen LogP contribution in [0.5, 0.6) is 11.5 Å². The van der Waals surface area contributed by atoms with E-state index in [0.29, 0.717) is 41.7 Å². The summed E-state index contributed by atoms with van der Waals surface area (Å²) in [5.41, 5.74) is 2.74. The normalized spacial score (nSPS) is 12.3. The van der Waals surface area contributed by atoms with E-state index in [2.05, 4.69) is 10.3 Å². The number of amides is 1. The van der Waals surface area contributed by atoms with E-state index in [1.165, 1.54) is 6.08 Å². The smallest absolute Gasteiger partial charge is 0.261 e. The van der Waals surface area contributed by atoms with Gasteiger partial charge < -0.3 is 19.8 Å². The highest BCUT2D eigenvalue weighted by molar-refractivity contribution is 6.32. The van der Waals surface area contributed by atoms with Crippen molar-refractivity contribution < 1.29 is 14.3 Å². The predicted molar refractivity (Wildman–Crippen MR) is 132 cm³/mol. The molecule has 172 valence electrons. The first-order valence-corrected chi connectivity index (χ1v) is 11.4. The number of nitrogens with zero attached hydrogens (tertiary/aromatic N) is 1. The lowest BCUT2D eigenvalue weighted by Crippen LogP contribution is -2.26. The Bertz CT molecular complexity index is 1190. The van der Waals surface area contributed by atoms with Gasteiger partial charge in [0.2, 0.25) is 0 Å². The van der Waals surface area contributed by atoms with Crippen LogP contribution in [0.3, 0.4) is 0 Å². The third-order valence-electron chi connectivity index (χ3n) is 5.26. The summed E-state index contributed by atoms with van der Waals surface area (Å²) >= 11 is 6.45. The summed E-state index contributed by atoms with van der Waals surface area (Å²) in [6.45, 7) is 6.68. The van der Waals surface area contributed by atoms with Gasteiger partial charge in [0.25, 0.3) is 5.91 Å². The second-order valence-electron chi connectivity index (χ2n) is 7.63. The fraction of sp³-hybridized carbons (Fsp3) is 0.308. The van der Waals surface area contributed by atoms with E-state index in [9.17, 15) is 10.1 Å². The molecule has 6 nitrogen and oxygen atoms in total. The average molecular weight is 466 g/mol. The monoisotopic (exact) mass is 465 g/mol. The number of hydrogen-bond donors (Lipinski definition) is 2. The highest BCUT2D eigenvalue weighted by Crippen LogP contribution is 2.38. The molecule has 1 atom stereocenters. The van der Waals surface area contributed by atoms with Crippen LogP contribution in [0.15, 0.2) is 48.2 Å². The molecule has 0 aliphatic carbocycles. The van der Waals surface area contributed by atoms with Crippen LogP contribution >= 0.6 is 11.6 Å². The number of nitrogens with one attached hydrogen (secondary N) is 2. The minimum atomic E-state index is -0.439. The van der Waals surface area contributed by atoms with Crippen LogP contribution < -0.4 is 14.8 Å². The Morgan fingerprint density at radius 2 is 2.09 bits per heavy atom. The quantitative estimate of drug-likeness (QED) is 0.298. The third kappa shape index (κ3) is 6.09. The van der Waals surface area contributed by atoms with Crippen molar-refractivity contribution in [3.05, 3.63) is 64.3 Å². The number of carbonyl (C=O) groups excluding carboxylic acids is 1. The topological polar surface area (TPSA) is 87.1 Å². The largest absolute Gasteiger partial charge is 0.490 e. The van der Waals surface area contributed by atoms with E-state index in [4.69, 9.17) is 21.1 Å². The molecule has 0 spiro atoms. The molecule has 0 aliphatic heterocycles. The number of hydrogen-bond acceptors (Lipinski definition) is 4. The van der Waals surface area contributed by atoms with E-state index in [1.807, 2.05) is 57.3 Å². The summed E-state index contributed by atoms with van der Waals surface area (Å²) in [5.74, 6) is 0.506. The van der Waals surface area contributed by atoms with Crippen molar-refractivity contribution in [3.8, 4) is 17.6 Å². The molecule has 0 fully saturated rings. The van der Waals surface area contributed by atoms with Gasteiger partial charge in [-0.2, -0.15) is 5.26 Å². The molecular formula is C26H28ClN3O3. The summed E-state index contributed by atoms with van der Waals surface area (Å²) < 4.78 is 11.6. The van der Waals surface area contributed by atoms with Crippen molar-refractivity contribution in [3.63, 3.8) is 0 Å². The SMILES string of the molecule is CCOc1cc(/C=C(\C#N)C(=O)NCCc2c[nH]c3ccccc23)cc(Cl)c1OC(C)CC. The zero-order valence-electron chi connectivity index (χ0n) is 19.1.